The molecular weight excluding hydrogens is 257 g/mol. The fraction of sp³-hybridized carbons (Fsp3) is 0.333. The summed E-state index contributed by atoms with van der Waals surface area (Å²) in [7, 11) is 0. The molecule has 0 amide bonds. The first-order valence-corrected chi connectivity index (χ1v) is 4.18. The fourth-order valence-electron chi connectivity index (χ4n) is 1.09. The Bertz CT molecular complexity index is 393. The van der Waals surface area contributed by atoms with Gasteiger partial charge < -0.3 is 4.74 Å². The molecule has 0 aliphatic heterocycles. The van der Waals surface area contributed by atoms with Gasteiger partial charge in [0.15, 0.2) is 11.6 Å². The van der Waals surface area contributed by atoms with Crippen LogP contribution >= 0.6 is 0 Å². The van der Waals surface area contributed by atoms with Crippen molar-refractivity contribution >= 4 is 0 Å². The fourth-order valence-corrected chi connectivity index (χ4v) is 1.09. The van der Waals surface area contributed by atoms with Crippen LogP contribution in [0.1, 0.15) is 5.56 Å². The van der Waals surface area contributed by atoms with Crippen LogP contribution in [0.3, 0.4) is 0 Å². The minimum atomic E-state index is -5.09. The second kappa shape index (κ2) is 4.42. The summed E-state index contributed by atoms with van der Waals surface area (Å²) in [6, 6.07) is 1.58. The van der Waals surface area contributed by atoms with E-state index in [1.54, 1.807) is 0 Å². The molecule has 0 unspecified atom stereocenters. The van der Waals surface area contributed by atoms with Crippen LogP contribution in [-0.4, -0.2) is 12.5 Å². The van der Waals surface area contributed by atoms with Crippen molar-refractivity contribution in [2.45, 2.75) is 19.0 Å². The topological polar surface area (TPSA) is 9.23 Å². The Hall–Kier alpha value is -1.47. The lowest BCUT2D eigenvalue weighted by molar-refractivity contribution is -0.275. The van der Waals surface area contributed by atoms with Gasteiger partial charge in [0.25, 0.3) is 0 Å². The third-order valence-electron chi connectivity index (χ3n) is 1.63. The number of hydrogen-bond donors (Lipinski definition) is 0. The molecular formula is C9H5F7O. The monoisotopic (exact) mass is 262 g/mol. The van der Waals surface area contributed by atoms with Crippen molar-refractivity contribution in [3.8, 4) is 5.75 Å². The smallest absolute Gasteiger partial charge is 0.403 e. The van der Waals surface area contributed by atoms with Crippen molar-refractivity contribution in [1.82, 2.24) is 0 Å². The summed E-state index contributed by atoms with van der Waals surface area (Å²) in [5, 5.41) is 0. The molecule has 1 aromatic rings. The zero-order chi connectivity index (χ0) is 13.3. The van der Waals surface area contributed by atoms with E-state index in [1.165, 1.54) is 0 Å². The van der Waals surface area contributed by atoms with Crippen molar-refractivity contribution in [3.05, 3.63) is 29.6 Å². The molecule has 0 bridgehead atoms. The van der Waals surface area contributed by atoms with E-state index >= 15 is 0 Å². The maximum atomic E-state index is 13.0. The minimum absolute atomic E-state index is 0.356. The van der Waals surface area contributed by atoms with Gasteiger partial charge >= 0.3 is 12.5 Å². The summed E-state index contributed by atoms with van der Waals surface area (Å²) in [5.41, 5.74) is -0.482. The highest BCUT2D eigenvalue weighted by molar-refractivity contribution is 5.29. The molecule has 1 rings (SSSR count). The van der Waals surface area contributed by atoms with Crippen LogP contribution in [0.25, 0.3) is 0 Å². The first-order chi connectivity index (χ1) is 7.57. The third kappa shape index (κ3) is 4.92. The number of halogens is 7. The average Bonchev–Trinajstić information content (AvgIpc) is 2.05. The predicted molar refractivity (Wildman–Crippen MR) is 42.8 cm³/mol. The van der Waals surface area contributed by atoms with Crippen LogP contribution in [0, 0.1) is 5.82 Å². The molecule has 17 heavy (non-hydrogen) atoms. The van der Waals surface area contributed by atoms with Gasteiger partial charge in [0.2, 0.25) is 0 Å². The molecule has 0 radical (unpaired) electrons. The largest absolute Gasteiger partial charge is 0.573 e. The van der Waals surface area contributed by atoms with Gasteiger partial charge in [0, 0.05) is 0 Å². The normalized spacial score (nSPS) is 12.6. The molecule has 0 N–H and O–H groups in total. The molecule has 1 aromatic carbocycles. The zero-order valence-corrected chi connectivity index (χ0v) is 7.99. The van der Waals surface area contributed by atoms with E-state index < -0.39 is 36.1 Å². The van der Waals surface area contributed by atoms with Gasteiger partial charge in [0.05, 0.1) is 6.42 Å². The highest BCUT2D eigenvalue weighted by Gasteiger charge is 2.33. The van der Waals surface area contributed by atoms with Crippen molar-refractivity contribution in [3.63, 3.8) is 0 Å². The first kappa shape index (κ1) is 13.6. The lowest BCUT2D eigenvalue weighted by Crippen LogP contribution is -2.18. The molecule has 0 aliphatic rings. The number of rotatable bonds is 2. The van der Waals surface area contributed by atoms with E-state index in [-0.39, 0.29) is 0 Å². The van der Waals surface area contributed by atoms with Gasteiger partial charge in [-0.1, -0.05) is 6.07 Å². The Morgan fingerprint density at radius 1 is 1.00 bits per heavy atom. The highest BCUT2D eigenvalue weighted by atomic mass is 19.4. The van der Waals surface area contributed by atoms with Crippen molar-refractivity contribution in [2.75, 3.05) is 0 Å². The van der Waals surface area contributed by atoms with Gasteiger partial charge in [-0.2, -0.15) is 13.2 Å². The molecule has 0 aromatic heterocycles. The summed E-state index contributed by atoms with van der Waals surface area (Å²) >= 11 is 0. The molecule has 0 aliphatic carbocycles. The quantitative estimate of drug-likeness (QED) is 0.736. The van der Waals surface area contributed by atoms with Crippen molar-refractivity contribution < 1.29 is 35.5 Å². The molecule has 0 fully saturated rings. The Morgan fingerprint density at radius 2 is 1.59 bits per heavy atom. The number of hydrogen-bond acceptors (Lipinski definition) is 1. The van der Waals surface area contributed by atoms with Crippen molar-refractivity contribution in [1.29, 1.82) is 0 Å². The summed E-state index contributed by atoms with van der Waals surface area (Å²) in [5.74, 6) is -2.66. The number of alkyl halides is 6. The second-order valence-corrected chi connectivity index (χ2v) is 3.10. The Labute approximate surface area is 90.8 Å². The molecule has 8 heteroatoms. The van der Waals surface area contributed by atoms with Gasteiger partial charge in [-0.15, -0.1) is 13.2 Å². The van der Waals surface area contributed by atoms with Crippen LogP contribution < -0.4 is 4.74 Å². The Kier molecular flexibility index (Phi) is 3.53. The van der Waals surface area contributed by atoms with Crippen LogP contribution in [0.5, 0.6) is 5.75 Å². The van der Waals surface area contributed by atoms with Crippen LogP contribution in [-0.2, 0) is 6.42 Å². The molecule has 1 nitrogen and oxygen atoms in total. The van der Waals surface area contributed by atoms with E-state index in [0.29, 0.717) is 12.1 Å². The minimum Gasteiger partial charge on any atom is -0.403 e. The van der Waals surface area contributed by atoms with Crippen LogP contribution in [0.4, 0.5) is 30.7 Å². The summed E-state index contributed by atoms with van der Waals surface area (Å²) in [6.07, 6.45) is -11.1. The van der Waals surface area contributed by atoms with Gasteiger partial charge in [-0.25, -0.2) is 4.39 Å². The van der Waals surface area contributed by atoms with Crippen LogP contribution in [0.15, 0.2) is 18.2 Å². The lowest BCUT2D eigenvalue weighted by Gasteiger charge is -2.11. The van der Waals surface area contributed by atoms with E-state index in [9.17, 15) is 30.7 Å². The average molecular weight is 262 g/mol. The second-order valence-electron chi connectivity index (χ2n) is 3.10. The number of ether oxygens (including phenoxy) is 1. The highest BCUT2D eigenvalue weighted by Crippen LogP contribution is 2.28. The first-order valence-electron chi connectivity index (χ1n) is 4.18. The molecule has 0 saturated heterocycles. The lowest BCUT2D eigenvalue weighted by atomic mass is 10.1. The SMILES string of the molecule is Fc1cc(CC(F)(F)F)ccc1OC(F)(F)F. The summed E-state index contributed by atoms with van der Waals surface area (Å²) in [4.78, 5) is 0. The maximum absolute atomic E-state index is 13.0. The molecule has 96 valence electrons. The maximum Gasteiger partial charge on any atom is 0.573 e. The van der Waals surface area contributed by atoms with Crippen molar-refractivity contribution in [2.24, 2.45) is 0 Å². The molecule has 0 saturated carbocycles. The third-order valence-corrected chi connectivity index (χ3v) is 1.63. The van der Waals surface area contributed by atoms with Gasteiger partial charge in [-0.3, -0.25) is 0 Å². The predicted octanol–water partition coefficient (Wildman–Crippen LogP) is 3.83. The van der Waals surface area contributed by atoms with E-state index in [2.05, 4.69) is 4.74 Å². The van der Waals surface area contributed by atoms with E-state index in [0.717, 1.165) is 6.07 Å². The zero-order valence-electron chi connectivity index (χ0n) is 7.99. The Balaban J connectivity index is 2.87. The standard InChI is InChI=1S/C9H5F7O/c10-6-3-5(4-8(11,12)13)1-2-7(6)17-9(14,15)16/h1-3H,4H2. The molecule has 0 heterocycles. The van der Waals surface area contributed by atoms with E-state index in [1.807, 2.05) is 0 Å². The van der Waals surface area contributed by atoms with Crippen LogP contribution in [0.2, 0.25) is 0 Å². The Morgan fingerprint density at radius 3 is 2.00 bits per heavy atom. The van der Waals surface area contributed by atoms with Gasteiger partial charge in [-0.05, 0) is 17.7 Å². The van der Waals surface area contributed by atoms with E-state index in [4.69, 9.17) is 0 Å². The molecule has 0 spiro atoms. The molecule has 0 atom stereocenters. The summed E-state index contributed by atoms with van der Waals surface area (Å²) < 4.78 is 87.1. The number of benzene rings is 1. The van der Waals surface area contributed by atoms with Gasteiger partial charge in [0.1, 0.15) is 0 Å². The summed E-state index contributed by atoms with van der Waals surface area (Å²) in [6.45, 7) is 0.